The zero-order valence-electron chi connectivity index (χ0n) is 11.4. The van der Waals surface area contributed by atoms with Gasteiger partial charge >= 0.3 is 0 Å². The molecular formula is C15H22F2N2. The van der Waals surface area contributed by atoms with Crippen LogP contribution in [0.4, 0.5) is 14.5 Å². The molecule has 1 fully saturated rings. The van der Waals surface area contributed by atoms with Gasteiger partial charge in [0.05, 0.1) is 5.69 Å². The second kappa shape index (κ2) is 6.85. The van der Waals surface area contributed by atoms with Crippen LogP contribution in [0.25, 0.3) is 0 Å². The predicted molar refractivity (Wildman–Crippen MR) is 74.3 cm³/mol. The van der Waals surface area contributed by atoms with Gasteiger partial charge in [0.25, 0.3) is 0 Å². The molecule has 1 saturated heterocycles. The van der Waals surface area contributed by atoms with Crippen molar-refractivity contribution >= 4 is 5.69 Å². The Morgan fingerprint density at radius 1 is 1.32 bits per heavy atom. The van der Waals surface area contributed by atoms with Gasteiger partial charge in [0.1, 0.15) is 11.6 Å². The van der Waals surface area contributed by atoms with Gasteiger partial charge in [0.15, 0.2) is 0 Å². The lowest BCUT2D eigenvalue weighted by molar-refractivity contribution is 0.455. The lowest BCUT2D eigenvalue weighted by atomic mass is 10.0. The number of hydrogen-bond acceptors (Lipinski definition) is 2. The van der Waals surface area contributed by atoms with Crippen molar-refractivity contribution in [3.8, 4) is 0 Å². The molecule has 0 aromatic heterocycles. The molecule has 0 radical (unpaired) electrons. The molecule has 4 heteroatoms. The van der Waals surface area contributed by atoms with Gasteiger partial charge in [-0.25, -0.2) is 8.78 Å². The smallest absolute Gasteiger partial charge is 0.146 e. The van der Waals surface area contributed by atoms with Gasteiger partial charge in [-0.1, -0.05) is 12.8 Å². The molecule has 2 nitrogen and oxygen atoms in total. The molecule has 19 heavy (non-hydrogen) atoms. The number of benzene rings is 1. The van der Waals surface area contributed by atoms with E-state index < -0.39 is 11.6 Å². The van der Waals surface area contributed by atoms with E-state index in [0.29, 0.717) is 6.04 Å². The third kappa shape index (κ3) is 4.46. The third-order valence-electron chi connectivity index (χ3n) is 3.63. The molecule has 1 aliphatic rings. The Bertz CT molecular complexity index is 401. The van der Waals surface area contributed by atoms with Crippen LogP contribution in [0.15, 0.2) is 18.2 Å². The zero-order valence-corrected chi connectivity index (χ0v) is 11.4. The molecule has 0 amide bonds. The Morgan fingerprint density at radius 3 is 3.00 bits per heavy atom. The molecule has 0 aliphatic carbocycles. The predicted octanol–water partition coefficient (Wildman–Crippen LogP) is 3.69. The van der Waals surface area contributed by atoms with Crippen molar-refractivity contribution in [1.29, 1.82) is 0 Å². The van der Waals surface area contributed by atoms with E-state index in [0.717, 1.165) is 31.5 Å². The van der Waals surface area contributed by atoms with Gasteiger partial charge in [0.2, 0.25) is 0 Å². The first-order valence-electron chi connectivity index (χ1n) is 7.10. The molecule has 0 spiro atoms. The SMILES string of the molecule is CC(CC1CCCCCN1)Nc1cc(F)ccc1F. The highest BCUT2D eigenvalue weighted by Gasteiger charge is 2.15. The van der Waals surface area contributed by atoms with Crippen LogP contribution in [0.2, 0.25) is 0 Å². The lowest BCUT2D eigenvalue weighted by Crippen LogP contribution is -2.33. The van der Waals surface area contributed by atoms with E-state index in [1.807, 2.05) is 6.92 Å². The molecule has 2 unspecified atom stereocenters. The van der Waals surface area contributed by atoms with Crippen LogP contribution in [0.5, 0.6) is 0 Å². The maximum absolute atomic E-state index is 13.5. The van der Waals surface area contributed by atoms with Gasteiger partial charge in [-0.3, -0.25) is 0 Å². The maximum atomic E-state index is 13.5. The summed E-state index contributed by atoms with van der Waals surface area (Å²) in [5.41, 5.74) is 0.251. The first-order chi connectivity index (χ1) is 9.15. The first-order valence-corrected chi connectivity index (χ1v) is 7.10. The van der Waals surface area contributed by atoms with Gasteiger partial charge in [-0.15, -0.1) is 0 Å². The Hall–Kier alpha value is -1.16. The van der Waals surface area contributed by atoms with Crippen LogP contribution in [0.1, 0.15) is 39.0 Å². The lowest BCUT2D eigenvalue weighted by Gasteiger charge is -2.22. The molecule has 1 heterocycles. The van der Waals surface area contributed by atoms with Crippen LogP contribution in [-0.4, -0.2) is 18.6 Å². The summed E-state index contributed by atoms with van der Waals surface area (Å²) in [7, 11) is 0. The normalized spacial score (nSPS) is 21.7. The highest BCUT2D eigenvalue weighted by Crippen LogP contribution is 2.19. The van der Waals surface area contributed by atoms with Crippen molar-refractivity contribution in [2.75, 3.05) is 11.9 Å². The largest absolute Gasteiger partial charge is 0.380 e. The summed E-state index contributed by atoms with van der Waals surface area (Å²) in [5.74, 6) is -0.814. The summed E-state index contributed by atoms with van der Waals surface area (Å²) in [4.78, 5) is 0. The number of anilines is 1. The molecule has 2 atom stereocenters. The first kappa shape index (κ1) is 14.3. The molecule has 0 saturated carbocycles. The molecule has 1 aliphatic heterocycles. The van der Waals surface area contributed by atoms with Gasteiger partial charge in [-0.05, 0) is 50.9 Å². The molecular weight excluding hydrogens is 246 g/mol. The summed E-state index contributed by atoms with van der Waals surface area (Å²) < 4.78 is 26.6. The number of nitrogens with one attached hydrogen (secondary N) is 2. The summed E-state index contributed by atoms with van der Waals surface area (Å²) in [6.07, 6.45) is 5.85. The monoisotopic (exact) mass is 268 g/mol. The van der Waals surface area contributed by atoms with Crippen molar-refractivity contribution in [3.63, 3.8) is 0 Å². The third-order valence-corrected chi connectivity index (χ3v) is 3.63. The standard InChI is InChI=1S/C15H22F2N2/c1-11(9-13-5-3-2-4-8-18-13)19-15-10-12(16)6-7-14(15)17/h6-7,10-11,13,18-19H,2-5,8-9H2,1H3. The Labute approximate surface area is 113 Å². The van der Waals surface area contributed by atoms with Crippen LogP contribution < -0.4 is 10.6 Å². The summed E-state index contributed by atoms with van der Waals surface area (Å²) >= 11 is 0. The minimum absolute atomic E-state index is 0.117. The second-order valence-electron chi connectivity index (χ2n) is 5.41. The highest BCUT2D eigenvalue weighted by molar-refractivity contribution is 5.45. The summed E-state index contributed by atoms with van der Waals surface area (Å²) in [5, 5.41) is 6.58. The van der Waals surface area contributed by atoms with Crippen molar-refractivity contribution < 1.29 is 8.78 Å². The van der Waals surface area contributed by atoms with Gasteiger partial charge in [0, 0.05) is 12.1 Å². The number of hydrogen-bond donors (Lipinski definition) is 2. The molecule has 1 aromatic rings. The van der Waals surface area contributed by atoms with E-state index in [-0.39, 0.29) is 11.7 Å². The Balaban J connectivity index is 1.89. The maximum Gasteiger partial charge on any atom is 0.146 e. The van der Waals surface area contributed by atoms with Crippen LogP contribution in [0.3, 0.4) is 0 Å². The second-order valence-corrected chi connectivity index (χ2v) is 5.41. The molecule has 1 aromatic carbocycles. The van der Waals surface area contributed by atoms with Crippen LogP contribution in [0, 0.1) is 11.6 Å². The summed E-state index contributed by atoms with van der Waals surface area (Å²) in [6, 6.07) is 4.10. The minimum atomic E-state index is -0.413. The molecule has 2 rings (SSSR count). The van der Waals surface area contributed by atoms with Crippen molar-refractivity contribution in [3.05, 3.63) is 29.8 Å². The zero-order chi connectivity index (χ0) is 13.7. The summed E-state index contributed by atoms with van der Waals surface area (Å²) in [6.45, 7) is 3.07. The number of halogens is 2. The Kier molecular flexibility index (Phi) is 5.14. The Morgan fingerprint density at radius 2 is 2.16 bits per heavy atom. The van der Waals surface area contributed by atoms with E-state index in [1.54, 1.807) is 0 Å². The van der Waals surface area contributed by atoms with Gasteiger partial charge < -0.3 is 10.6 Å². The topological polar surface area (TPSA) is 24.1 Å². The van der Waals surface area contributed by atoms with E-state index in [1.165, 1.54) is 25.3 Å². The van der Waals surface area contributed by atoms with Crippen LogP contribution >= 0.6 is 0 Å². The number of rotatable bonds is 4. The van der Waals surface area contributed by atoms with Crippen molar-refractivity contribution in [1.82, 2.24) is 5.32 Å². The average Bonchev–Trinajstić information content (AvgIpc) is 2.62. The highest BCUT2D eigenvalue weighted by atomic mass is 19.1. The van der Waals surface area contributed by atoms with Crippen molar-refractivity contribution in [2.45, 2.75) is 51.1 Å². The molecule has 2 N–H and O–H groups in total. The van der Waals surface area contributed by atoms with E-state index in [4.69, 9.17) is 0 Å². The van der Waals surface area contributed by atoms with Crippen LogP contribution in [-0.2, 0) is 0 Å². The van der Waals surface area contributed by atoms with E-state index >= 15 is 0 Å². The van der Waals surface area contributed by atoms with Gasteiger partial charge in [-0.2, -0.15) is 0 Å². The quantitative estimate of drug-likeness (QED) is 0.870. The fraction of sp³-hybridized carbons (Fsp3) is 0.600. The fourth-order valence-corrected chi connectivity index (χ4v) is 2.66. The van der Waals surface area contributed by atoms with Crippen molar-refractivity contribution in [2.24, 2.45) is 0 Å². The minimum Gasteiger partial charge on any atom is -0.380 e. The molecule has 106 valence electrons. The van der Waals surface area contributed by atoms with E-state index in [9.17, 15) is 8.78 Å². The fourth-order valence-electron chi connectivity index (χ4n) is 2.66. The average molecular weight is 268 g/mol. The molecule has 0 bridgehead atoms. The van der Waals surface area contributed by atoms with E-state index in [2.05, 4.69) is 10.6 Å².